The van der Waals surface area contributed by atoms with E-state index in [0.717, 1.165) is 16.8 Å². The van der Waals surface area contributed by atoms with Crippen LogP contribution >= 0.6 is 11.8 Å². The molecule has 2 heterocycles. The summed E-state index contributed by atoms with van der Waals surface area (Å²) in [7, 11) is 0. The Kier molecular flexibility index (Phi) is 7.74. The standard InChI is InChI=1S/C25H24N6O3S/c1-3-34-21-6-4-5-19(23(21)33)15-27-28-22(32)16-35-25-30-29-24(18-11-13-26-14-12-18)31(25)20-9-7-17(2)8-10-20/h4-15,33H,3,16H2,1-2H3,(H,28,32)/b27-15+. The molecule has 178 valence electrons. The fourth-order valence-electron chi connectivity index (χ4n) is 3.23. The van der Waals surface area contributed by atoms with Gasteiger partial charge in [0.15, 0.2) is 22.5 Å². The van der Waals surface area contributed by atoms with Gasteiger partial charge in [-0.3, -0.25) is 14.3 Å². The van der Waals surface area contributed by atoms with E-state index in [-0.39, 0.29) is 17.4 Å². The zero-order valence-corrected chi connectivity index (χ0v) is 20.1. The number of carbonyl (C=O) groups is 1. The van der Waals surface area contributed by atoms with Crippen LogP contribution in [0.15, 0.2) is 77.2 Å². The van der Waals surface area contributed by atoms with Crippen LogP contribution in [0.25, 0.3) is 17.1 Å². The molecule has 0 saturated carbocycles. The van der Waals surface area contributed by atoms with Crippen LogP contribution in [0, 0.1) is 6.92 Å². The van der Waals surface area contributed by atoms with Crippen LogP contribution in [0.2, 0.25) is 0 Å². The Balaban J connectivity index is 1.47. The summed E-state index contributed by atoms with van der Waals surface area (Å²) >= 11 is 1.25. The predicted octanol–water partition coefficient (Wildman–Crippen LogP) is 3.98. The number of pyridine rings is 1. The number of nitrogens with zero attached hydrogens (tertiary/aromatic N) is 5. The van der Waals surface area contributed by atoms with E-state index in [4.69, 9.17) is 4.74 Å². The highest BCUT2D eigenvalue weighted by molar-refractivity contribution is 7.99. The van der Waals surface area contributed by atoms with Crippen LogP contribution in [0.4, 0.5) is 0 Å². The zero-order chi connectivity index (χ0) is 24.6. The number of amides is 1. The minimum atomic E-state index is -0.324. The minimum Gasteiger partial charge on any atom is -0.504 e. The molecule has 0 atom stereocenters. The number of thioether (sulfide) groups is 1. The van der Waals surface area contributed by atoms with Gasteiger partial charge in [0.2, 0.25) is 0 Å². The number of ether oxygens (including phenoxy) is 1. The number of carbonyl (C=O) groups excluding carboxylic acids is 1. The first-order valence-electron chi connectivity index (χ1n) is 10.9. The van der Waals surface area contributed by atoms with Crippen molar-refractivity contribution in [2.45, 2.75) is 19.0 Å². The van der Waals surface area contributed by atoms with E-state index in [2.05, 4.69) is 25.7 Å². The number of aromatic hydroxyl groups is 1. The Morgan fingerprint density at radius 3 is 2.66 bits per heavy atom. The Morgan fingerprint density at radius 1 is 1.14 bits per heavy atom. The van der Waals surface area contributed by atoms with E-state index < -0.39 is 0 Å². The summed E-state index contributed by atoms with van der Waals surface area (Å²) in [5.74, 6) is 0.732. The number of aromatic nitrogens is 4. The summed E-state index contributed by atoms with van der Waals surface area (Å²) in [6, 6.07) is 16.8. The van der Waals surface area contributed by atoms with Crippen LogP contribution < -0.4 is 10.2 Å². The highest BCUT2D eigenvalue weighted by Gasteiger charge is 2.17. The molecule has 35 heavy (non-hydrogen) atoms. The van der Waals surface area contributed by atoms with Crippen molar-refractivity contribution >= 4 is 23.9 Å². The summed E-state index contributed by atoms with van der Waals surface area (Å²) in [6.07, 6.45) is 4.77. The number of para-hydroxylation sites is 1. The van der Waals surface area contributed by atoms with Gasteiger partial charge >= 0.3 is 0 Å². The van der Waals surface area contributed by atoms with E-state index in [1.54, 1.807) is 30.6 Å². The number of hydrogen-bond acceptors (Lipinski definition) is 8. The lowest BCUT2D eigenvalue weighted by molar-refractivity contribution is -0.118. The van der Waals surface area contributed by atoms with Crippen LogP contribution in [0.5, 0.6) is 11.5 Å². The van der Waals surface area contributed by atoms with E-state index >= 15 is 0 Å². The molecular weight excluding hydrogens is 464 g/mol. The summed E-state index contributed by atoms with van der Waals surface area (Å²) in [5, 5.41) is 23.4. The Labute approximate surface area is 206 Å². The second-order valence-corrected chi connectivity index (χ2v) is 8.36. The highest BCUT2D eigenvalue weighted by Crippen LogP contribution is 2.29. The molecular formula is C25H24N6O3S. The average Bonchev–Trinajstić information content (AvgIpc) is 3.30. The molecule has 2 N–H and O–H groups in total. The molecule has 2 aromatic heterocycles. The third-order valence-corrected chi connectivity index (χ3v) is 5.85. The molecule has 0 bridgehead atoms. The predicted molar refractivity (Wildman–Crippen MR) is 135 cm³/mol. The number of rotatable bonds is 9. The van der Waals surface area contributed by atoms with Gasteiger partial charge in [-0.15, -0.1) is 10.2 Å². The summed E-state index contributed by atoms with van der Waals surface area (Å²) in [5.41, 5.74) is 5.80. The maximum Gasteiger partial charge on any atom is 0.250 e. The van der Waals surface area contributed by atoms with Gasteiger partial charge in [0, 0.05) is 29.2 Å². The van der Waals surface area contributed by atoms with Gasteiger partial charge in [-0.2, -0.15) is 5.10 Å². The van der Waals surface area contributed by atoms with Crippen molar-refractivity contribution in [3.05, 3.63) is 78.1 Å². The fraction of sp³-hybridized carbons (Fsp3) is 0.160. The van der Waals surface area contributed by atoms with Crippen LogP contribution in [-0.2, 0) is 4.79 Å². The number of nitrogens with one attached hydrogen (secondary N) is 1. The summed E-state index contributed by atoms with van der Waals surface area (Å²) in [6.45, 7) is 4.28. The second kappa shape index (κ2) is 11.3. The first kappa shape index (κ1) is 24.0. The molecule has 4 aromatic rings. The molecule has 0 aliphatic heterocycles. The molecule has 0 aliphatic rings. The van der Waals surface area contributed by atoms with Crippen molar-refractivity contribution in [2.75, 3.05) is 12.4 Å². The number of hydrogen-bond donors (Lipinski definition) is 2. The Morgan fingerprint density at radius 2 is 1.91 bits per heavy atom. The van der Waals surface area contributed by atoms with Crippen molar-refractivity contribution in [2.24, 2.45) is 5.10 Å². The molecule has 0 unspecified atom stereocenters. The van der Waals surface area contributed by atoms with Crippen molar-refractivity contribution in [1.82, 2.24) is 25.2 Å². The van der Waals surface area contributed by atoms with E-state index in [1.807, 2.05) is 54.8 Å². The lowest BCUT2D eigenvalue weighted by atomic mass is 10.2. The molecule has 2 aromatic carbocycles. The molecule has 0 aliphatic carbocycles. The molecule has 0 fully saturated rings. The van der Waals surface area contributed by atoms with E-state index in [0.29, 0.717) is 28.9 Å². The van der Waals surface area contributed by atoms with Gasteiger partial charge in [-0.05, 0) is 50.2 Å². The maximum absolute atomic E-state index is 12.4. The van der Waals surface area contributed by atoms with Crippen molar-refractivity contribution in [1.29, 1.82) is 0 Å². The SMILES string of the molecule is CCOc1cccc(/C=N/NC(=O)CSc2nnc(-c3ccncc3)n2-c2ccc(C)cc2)c1O. The maximum atomic E-state index is 12.4. The number of phenols is 1. The lowest BCUT2D eigenvalue weighted by Gasteiger charge is -2.10. The number of benzene rings is 2. The number of phenolic OH excluding ortho intramolecular Hbond substituents is 1. The molecule has 9 nitrogen and oxygen atoms in total. The molecule has 10 heteroatoms. The first-order chi connectivity index (χ1) is 17.1. The van der Waals surface area contributed by atoms with Crippen LogP contribution in [0.1, 0.15) is 18.1 Å². The second-order valence-electron chi connectivity index (χ2n) is 7.42. The molecule has 0 spiro atoms. The number of aryl methyl sites for hydroxylation is 1. The van der Waals surface area contributed by atoms with Gasteiger partial charge in [0.05, 0.1) is 18.6 Å². The van der Waals surface area contributed by atoms with Gasteiger partial charge < -0.3 is 9.84 Å². The monoisotopic (exact) mass is 488 g/mol. The molecule has 1 amide bonds. The molecule has 0 radical (unpaired) electrons. The lowest BCUT2D eigenvalue weighted by Crippen LogP contribution is -2.20. The smallest absolute Gasteiger partial charge is 0.250 e. The first-order valence-corrected chi connectivity index (χ1v) is 11.9. The van der Waals surface area contributed by atoms with Gasteiger partial charge in [-0.1, -0.05) is 35.5 Å². The van der Waals surface area contributed by atoms with Gasteiger partial charge in [0.25, 0.3) is 5.91 Å². The van der Waals surface area contributed by atoms with Crippen LogP contribution in [0.3, 0.4) is 0 Å². The number of hydrazone groups is 1. The average molecular weight is 489 g/mol. The summed E-state index contributed by atoms with van der Waals surface area (Å²) < 4.78 is 7.27. The molecule has 4 rings (SSSR count). The normalized spacial score (nSPS) is 11.0. The highest BCUT2D eigenvalue weighted by atomic mass is 32.2. The third-order valence-electron chi connectivity index (χ3n) is 4.92. The quantitative estimate of drug-likeness (QED) is 0.208. The minimum absolute atomic E-state index is 0.0310. The third kappa shape index (κ3) is 5.85. The zero-order valence-electron chi connectivity index (χ0n) is 19.3. The Hall–Kier alpha value is -4.18. The van der Waals surface area contributed by atoms with Crippen LogP contribution in [-0.4, -0.2) is 49.3 Å². The van der Waals surface area contributed by atoms with Gasteiger partial charge in [-0.25, -0.2) is 5.43 Å². The van der Waals surface area contributed by atoms with Crippen molar-refractivity contribution < 1.29 is 14.6 Å². The van der Waals surface area contributed by atoms with Crippen molar-refractivity contribution in [3.8, 4) is 28.6 Å². The fourth-order valence-corrected chi connectivity index (χ4v) is 3.97. The van der Waals surface area contributed by atoms with E-state index in [9.17, 15) is 9.90 Å². The van der Waals surface area contributed by atoms with E-state index in [1.165, 1.54) is 18.0 Å². The van der Waals surface area contributed by atoms with Gasteiger partial charge in [0.1, 0.15) is 0 Å². The van der Waals surface area contributed by atoms with Crippen molar-refractivity contribution in [3.63, 3.8) is 0 Å². The molecule has 0 saturated heterocycles. The topological polar surface area (TPSA) is 115 Å². The summed E-state index contributed by atoms with van der Waals surface area (Å²) in [4.78, 5) is 16.5. The Bertz CT molecular complexity index is 1320. The largest absolute Gasteiger partial charge is 0.504 e.